The lowest BCUT2D eigenvalue weighted by Crippen LogP contribution is -2.26. The zero-order valence-electron chi connectivity index (χ0n) is 22.2. The third kappa shape index (κ3) is 5.33. The van der Waals surface area contributed by atoms with E-state index in [2.05, 4.69) is 10.1 Å². The van der Waals surface area contributed by atoms with Gasteiger partial charge in [-0.15, -0.1) is 0 Å². The Labute approximate surface area is 239 Å². The molecule has 1 atom stereocenters. The number of carbonyl (C=O) groups excluding carboxylic acids is 2. The van der Waals surface area contributed by atoms with E-state index in [9.17, 15) is 37.2 Å². The van der Waals surface area contributed by atoms with Crippen molar-refractivity contribution in [2.45, 2.75) is 25.3 Å². The molecule has 0 bridgehead atoms. The number of carbonyl (C=O) groups is 2. The molecule has 1 heterocycles. The Morgan fingerprint density at radius 2 is 1.88 bits per heavy atom. The molecular formula is C28H23F2N3O8S. The summed E-state index contributed by atoms with van der Waals surface area (Å²) < 4.78 is 62.6. The molecule has 0 saturated heterocycles. The molecule has 218 valence electrons. The third-order valence-electron chi connectivity index (χ3n) is 6.95. The van der Waals surface area contributed by atoms with Gasteiger partial charge in [-0.2, -0.15) is 4.39 Å². The summed E-state index contributed by atoms with van der Waals surface area (Å²) in [6, 6.07) is 10.4. The number of nitrogens with zero attached hydrogens (tertiary/aromatic N) is 2. The lowest BCUT2D eigenvalue weighted by molar-refractivity contribution is -0.387. The first-order chi connectivity index (χ1) is 20.0. The molecule has 1 saturated carbocycles. The van der Waals surface area contributed by atoms with Crippen LogP contribution in [0.3, 0.4) is 0 Å². The van der Waals surface area contributed by atoms with E-state index in [4.69, 9.17) is 4.42 Å². The Morgan fingerprint density at radius 3 is 2.45 bits per heavy atom. The van der Waals surface area contributed by atoms with E-state index in [1.807, 2.05) is 0 Å². The van der Waals surface area contributed by atoms with Crippen molar-refractivity contribution in [2.75, 3.05) is 18.5 Å². The number of halogens is 2. The fraction of sp³-hybridized carbons (Fsp3) is 0.214. The Hall–Kier alpha value is -4.69. The predicted octanol–water partition coefficient (Wildman–Crippen LogP) is 5.45. The van der Waals surface area contributed by atoms with Gasteiger partial charge in [-0.05, 0) is 72.4 Å². The number of hydrogen-bond acceptors (Lipinski definition) is 7. The second-order valence-corrected chi connectivity index (χ2v) is 10.5. The number of ether oxygens (including phenoxy) is 1. The number of anilines is 1. The maximum Gasteiger partial charge on any atom is 0.345 e. The summed E-state index contributed by atoms with van der Waals surface area (Å²) in [6.45, 7) is -0.287. The number of amides is 1. The van der Waals surface area contributed by atoms with Crippen LogP contribution in [0.5, 0.6) is 0 Å². The summed E-state index contributed by atoms with van der Waals surface area (Å²) in [6.07, 6.45) is 1.63. The second-order valence-electron chi connectivity index (χ2n) is 9.55. The molecule has 1 aliphatic rings. The molecule has 0 radical (unpaired) electrons. The van der Waals surface area contributed by atoms with Crippen LogP contribution in [-0.2, 0) is 22.5 Å². The van der Waals surface area contributed by atoms with Crippen LogP contribution in [0.1, 0.15) is 50.6 Å². The summed E-state index contributed by atoms with van der Waals surface area (Å²) in [5, 5.41) is 14.5. The van der Waals surface area contributed by atoms with Crippen LogP contribution in [0.4, 0.5) is 20.2 Å². The molecule has 0 spiro atoms. The van der Waals surface area contributed by atoms with E-state index in [0.29, 0.717) is 22.6 Å². The van der Waals surface area contributed by atoms with Crippen LogP contribution in [0, 0.1) is 21.7 Å². The highest BCUT2D eigenvalue weighted by Gasteiger charge is 2.33. The summed E-state index contributed by atoms with van der Waals surface area (Å²) in [7, 11) is 2.43. The SMILES string of the molecule is CNC(=O)c1c(-c2ccc(F)cc2)oc2cc(CN(c3cc(F)c([N+](=O)[O-])c(C(=O)OC)c3)S(=O)O)c(C3CC3)cc12. The summed E-state index contributed by atoms with van der Waals surface area (Å²) in [5.74, 6) is -3.22. The highest BCUT2D eigenvalue weighted by atomic mass is 32.2. The number of nitro benzene ring substituents is 1. The van der Waals surface area contributed by atoms with Crippen molar-refractivity contribution < 1.29 is 41.2 Å². The van der Waals surface area contributed by atoms with E-state index in [1.165, 1.54) is 31.3 Å². The van der Waals surface area contributed by atoms with Crippen molar-refractivity contribution in [3.05, 3.63) is 92.5 Å². The maximum absolute atomic E-state index is 14.9. The Balaban J connectivity index is 1.66. The van der Waals surface area contributed by atoms with Gasteiger partial charge in [0.25, 0.3) is 17.2 Å². The minimum Gasteiger partial charge on any atom is -0.465 e. The van der Waals surface area contributed by atoms with E-state index in [-0.39, 0.29) is 35.1 Å². The first kappa shape index (κ1) is 28.8. The fourth-order valence-corrected chi connectivity index (χ4v) is 5.37. The van der Waals surface area contributed by atoms with E-state index >= 15 is 0 Å². The second kappa shape index (κ2) is 11.3. The van der Waals surface area contributed by atoms with Gasteiger partial charge in [-0.25, -0.2) is 13.4 Å². The molecule has 1 amide bonds. The monoisotopic (exact) mass is 599 g/mol. The van der Waals surface area contributed by atoms with Gasteiger partial charge in [0.05, 0.1) is 29.8 Å². The van der Waals surface area contributed by atoms with Gasteiger partial charge in [-0.3, -0.25) is 23.8 Å². The van der Waals surface area contributed by atoms with E-state index < -0.39 is 51.0 Å². The molecule has 2 N–H and O–H groups in total. The van der Waals surface area contributed by atoms with Crippen LogP contribution in [0.25, 0.3) is 22.3 Å². The van der Waals surface area contributed by atoms with Gasteiger partial charge >= 0.3 is 11.7 Å². The summed E-state index contributed by atoms with van der Waals surface area (Å²) in [5.41, 5.74) is 0.0837. The normalized spacial score (nSPS) is 13.5. The zero-order chi connectivity index (χ0) is 30.3. The molecular weight excluding hydrogens is 576 g/mol. The number of hydrogen-bond donors (Lipinski definition) is 2. The molecule has 0 aliphatic heterocycles. The van der Waals surface area contributed by atoms with Crippen molar-refractivity contribution >= 4 is 45.5 Å². The number of benzene rings is 3. The number of fused-ring (bicyclic) bond motifs is 1. The van der Waals surface area contributed by atoms with Gasteiger partial charge in [0.15, 0.2) is 0 Å². The molecule has 1 fully saturated rings. The summed E-state index contributed by atoms with van der Waals surface area (Å²) >= 11 is -2.76. The Morgan fingerprint density at radius 1 is 1.19 bits per heavy atom. The van der Waals surface area contributed by atoms with E-state index in [0.717, 1.165) is 35.9 Å². The van der Waals surface area contributed by atoms with Crippen LogP contribution < -0.4 is 9.62 Å². The number of methoxy groups -OCH3 is 1. The van der Waals surface area contributed by atoms with Gasteiger partial charge in [0.2, 0.25) is 5.82 Å². The number of esters is 1. The standard InChI is InChI=1S/C28H23F2N3O8S/c1-31-27(34)24-20-12-19(14-3-4-14)16(9-23(20)41-26(24)15-5-7-17(29)8-6-15)13-32(42(38)39)18-10-21(28(35)40-2)25(33(36)37)22(30)11-18/h5-12,14H,3-4,13H2,1-2H3,(H,31,34)(H,38,39). The number of nitrogens with one attached hydrogen (secondary N) is 1. The molecule has 4 aromatic rings. The number of rotatable bonds is 9. The van der Waals surface area contributed by atoms with Crippen molar-refractivity contribution in [1.29, 1.82) is 0 Å². The molecule has 14 heteroatoms. The van der Waals surface area contributed by atoms with Crippen LogP contribution in [0.2, 0.25) is 0 Å². The fourth-order valence-electron chi connectivity index (χ4n) is 4.84. The number of nitro groups is 1. The topological polar surface area (TPSA) is 152 Å². The predicted molar refractivity (Wildman–Crippen MR) is 148 cm³/mol. The minimum atomic E-state index is -2.76. The molecule has 5 rings (SSSR count). The van der Waals surface area contributed by atoms with E-state index in [1.54, 1.807) is 12.1 Å². The van der Waals surface area contributed by atoms with Crippen LogP contribution >= 0.6 is 0 Å². The first-order valence-corrected chi connectivity index (χ1v) is 13.6. The van der Waals surface area contributed by atoms with Gasteiger partial charge in [-0.1, -0.05) is 0 Å². The lowest BCUT2D eigenvalue weighted by atomic mass is 9.97. The maximum atomic E-state index is 14.9. The molecule has 11 nitrogen and oxygen atoms in total. The lowest BCUT2D eigenvalue weighted by Gasteiger charge is -2.22. The largest absolute Gasteiger partial charge is 0.465 e. The zero-order valence-corrected chi connectivity index (χ0v) is 23.0. The minimum absolute atomic E-state index is 0.0688. The van der Waals surface area contributed by atoms with Crippen LogP contribution in [-0.4, -0.2) is 39.7 Å². The van der Waals surface area contributed by atoms with Gasteiger partial charge in [0, 0.05) is 24.1 Å². The van der Waals surface area contributed by atoms with Gasteiger partial charge in [0.1, 0.15) is 22.7 Å². The Bertz CT molecular complexity index is 1770. The average molecular weight is 600 g/mol. The van der Waals surface area contributed by atoms with Crippen molar-refractivity contribution in [3.63, 3.8) is 0 Å². The highest BCUT2D eigenvalue weighted by molar-refractivity contribution is 7.80. The van der Waals surface area contributed by atoms with Crippen molar-refractivity contribution in [1.82, 2.24) is 5.32 Å². The molecule has 1 aliphatic carbocycles. The molecule has 1 aromatic heterocycles. The quantitative estimate of drug-likeness (QED) is 0.111. The third-order valence-corrected chi connectivity index (χ3v) is 7.67. The Kier molecular flexibility index (Phi) is 7.75. The smallest absolute Gasteiger partial charge is 0.345 e. The van der Waals surface area contributed by atoms with Crippen molar-refractivity contribution in [2.24, 2.45) is 0 Å². The molecule has 42 heavy (non-hydrogen) atoms. The number of furan rings is 1. The van der Waals surface area contributed by atoms with Crippen LogP contribution in [0.15, 0.2) is 52.9 Å². The van der Waals surface area contributed by atoms with Gasteiger partial charge < -0.3 is 14.5 Å². The molecule has 1 unspecified atom stereocenters. The summed E-state index contributed by atoms with van der Waals surface area (Å²) in [4.78, 5) is 35.5. The van der Waals surface area contributed by atoms with Crippen molar-refractivity contribution in [3.8, 4) is 11.3 Å². The molecule has 3 aromatic carbocycles. The first-order valence-electron chi connectivity index (χ1n) is 12.6. The highest BCUT2D eigenvalue weighted by Crippen LogP contribution is 2.45. The average Bonchev–Trinajstić information content (AvgIpc) is 3.74.